The largest absolute Gasteiger partial charge is 0.434 e. The highest BCUT2D eigenvalue weighted by molar-refractivity contribution is 14.0. The zero-order chi connectivity index (χ0) is 19.0. The lowest BCUT2D eigenvalue weighted by Crippen LogP contribution is -2.40. The molecule has 6 nitrogen and oxygen atoms in total. The van der Waals surface area contributed by atoms with Gasteiger partial charge in [0, 0.05) is 18.0 Å². The van der Waals surface area contributed by atoms with Crippen LogP contribution in [0.3, 0.4) is 0 Å². The van der Waals surface area contributed by atoms with E-state index in [0.29, 0.717) is 17.5 Å². The van der Waals surface area contributed by atoms with Crippen molar-refractivity contribution in [3.8, 4) is 0 Å². The SMILES string of the molecule is CCNC(=NCC(=O)NC1CCCCC1)NCc1nc(C(F)(F)F)cs1.I. The predicted molar refractivity (Wildman–Crippen MR) is 110 cm³/mol. The molecule has 0 spiro atoms. The molecule has 2 rings (SSSR count). The average molecular weight is 519 g/mol. The van der Waals surface area contributed by atoms with Crippen molar-refractivity contribution in [3.05, 3.63) is 16.1 Å². The molecule has 154 valence electrons. The van der Waals surface area contributed by atoms with E-state index in [1.165, 1.54) is 6.42 Å². The number of amides is 1. The number of nitrogens with one attached hydrogen (secondary N) is 3. The van der Waals surface area contributed by atoms with E-state index in [0.717, 1.165) is 42.4 Å². The first-order valence-corrected chi connectivity index (χ1v) is 9.59. The fraction of sp³-hybridized carbons (Fsp3) is 0.688. The number of aromatic nitrogens is 1. The van der Waals surface area contributed by atoms with Crippen LogP contribution in [0.15, 0.2) is 10.4 Å². The number of halogens is 4. The molecule has 1 heterocycles. The minimum atomic E-state index is -4.44. The summed E-state index contributed by atoms with van der Waals surface area (Å²) in [6.45, 7) is 2.51. The second-order valence-electron chi connectivity index (χ2n) is 6.08. The quantitative estimate of drug-likeness (QED) is 0.307. The topological polar surface area (TPSA) is 78.4 Å². The van der Waals surface area contributed by atoms with Gasteiger partial charge < -0.3 is 16.0 Å². The molecule has 0 saturated heterocycles. The van der Waals surface area contributed by atoms with Crippen molar-refractivity contribution in [2.75, 3.05) is 13.1 Å². The van der Waals surface area contributed by atoms with Crippen LogP contribution in [0.4, 0.5) is 13.2 Å². The normalized spacial score (nSPS) is 15.8. The van der Waals surface area contributed by atoms with Crippen molar-refractivity contribution in [1.82, 2.24) is 20.9 Å². The first-order valence-electron chi connectivity index (χ1n) is 8.71. The van der Waals surface area contributed by atoms with E-state index in [1.54, 1.807) is 0 Å². The summed E-state index contributed by atoms with van der Waals surface area (Å²) in [5.41, 5.74) is -0.895. The molecule has 0 bridgehead atoms. The molecule has 1 aromatic heterocycles. The van der Waals surface area contributed by atoms with Gasteiger partial charge in [-0.2, -0.15) is 13.2 Å². The standard InChI is InChI=1S/C16H24F3N5OS.HI/c1-2-20-15(21-8-13(25)23-11-6-4-3-5-7-11)22-9-14-24-12(10-26-14)16(17,18)19;/h10-11H,2-9H2,1H3,(H,23,25)(H2,20,21,22);1H. The second-order valence-corrected chi connectivity index (χ2v) is 7.02. The Kier molecular flexibility index (Phi) is 10.3. The lowest BCUT2D eigenvalue weighted by Gasteiger charge is -2.22. The van der Waals surface area contributed by atoms with Gasteiger partial charge >= 0.3 is 6.18 Å². The van der Waals surface area contributed by atoms with Gasteiger partial charge in [-0.05, 0) is 19.8 Å². The Labute approximate surface area is 177 Å². The first kappa shape index (κ1) is 23.9. The third kappa shape index (κ3) is 8.62. The molecule has 1 aromatic rings. The number of hydrogen-bond acceptors (Lipinski definition) is 4. The van der Waals surface area contributed by atoms with E-state index >= 15 is 0 Å². The van der Waals surface area contributed by atoms with Gasteiger partial charge in [0.25, 0.3) is 0 Å². The predicted octanol–water partition coefficient (Wildman–Crippen LogP) is 3.28. The second kappa shape index (κ2) is 11.7. The number of nitrogens with zero attached hydrogens (tertiary/aromatic N) is 2. The number of guanidine groups is 1. The molecule has 0 atom stereocenters. The molecular weight excluding hydrogens is 494 g/mol. The van der Waals surface area contributed by atoms with E-state index in [-0.39, 0.29) is 49.0 Å². The third-order valence-electron chi connectivity index (χ3n) is 3.94. The molecule has 1 saturated carbocycles. The maximum Gasteiger partial charge on any atom is 0.434 e. The minimum absolute atomic E-state index is 0. The summed E-state index contributed by atoms with van der Waals surface area (Å²) in [5.74, 6) is 0.220. The van der Waals surface area contributed by atoms with Gasteiger partial charge in [-0.25, -0.2) is 9.98 Å². The van der Waals surface area contributed by atoms with Crippen LogP contribution in [0.1, 0.15) is 49.7 Å². The highest BCUT2D eigenvalue weighted by Gasteiger charge is 2.33. The van der Waals surface area contributed by atoms with Crippen molar-refractivity contribution in [1.29, 1.82) is 0 Å². The van der Waals surface area contributed by atoms with Gasteiger partial charge in [-0.15, -0.1) is 35.3 Å². The van der Waals surface area contributed by atoms with Crippen LogP contribution in [0.25, 0.3) is 0 Å². The highest BCUT2D eigenvalue weighted by atomic mass is 127. The van der Waals surface area contributed by atoms with Gasteiger partial charge in [-0.3, -0.25) is 4.79 Å². The van der Waals surface area contributed by atoms with Crippen LogP contribution in [0, 0.1) is 0 Å². The van der Waals surface area contributed by atoms with Crippen LogP contribution >= 0.6 is 35.3 Å². The molecule has 0 aliphatic heterocycles. The summed E-state index contributed by atoms with van der Waals surface area (Å²) < 4.78 is 37.7. The Morgan fingerprint density at radius 3 is 2.59 bits per heavy atom. The van der Waals surface area contributed by atoms with E-state index < -0.39 is 11.9 Å². The lowest BCUT2D eigenvalue weighted by atomic mass is 9.95. The molecule has 0 aromatic carbocycles. The highest BCUT2D eigenvalue weighted by Crippen LogP contribution is 2.29. The zero-order valence-corrected chi connectivity index (χ0v) is 18.2. The van der Waals surface area contributed by atoms with Gasteiger partial charge in [0.2, 0.25) is 5.91 Å². The van der Waals surface area contributed by atoms with Crippen molar-refractivity contribution >= 4 is 47.2 Å². The molecule has 11 heteroatoms. The van der Waals surface area contributed by atoms with Gasteiger partial charge in [-0.1, -0.05) is 19.3 Å². The van der Waals surface area contributed by atoms with Crippen LogP contribution in [-0.4, -0.2) is 36.0 Å². The van der Waals surface area contributed by atoms with Gasteiger partial charge in [0.05, 0.1) is 6.54 Å². The summed E-state index contributed by atoms with van der Waals surface area (Å²) in [6.07, 6.45) is 1.04. The summed E-state index contributed by atoms with van der Waals surface area (Å²) in [7, 11) is 0. The number of hydrogen-bond donors (Lipinski definition) is 3. The zero-order valence-electron chi connectivity index (χ0n) is 15.1. The van der Waals surface area contributed by atoms with Crippen LogP contribution in [0.5, 0.6) is 0 Å². The lowest BCUT2D eigenvalue weighted by molar-refractivity contribution is -0.140. The number of aliphatic imine (C=N–C) groups is 1. The van der Waals surface area contributed by atoms with E-state index in [2.05, 4.69) is 25.9 Å². The Hall–Kier alpha value is -1.11. The Morgan fingerprint density at radius 2 is 2.00 bits per heavy atom. The van der Waals surface area contributed by atoms with Crippen molar-refractivity contribution in [2.45, 2.75) is 57.8 Å². The summed E-state index contributed by atoms with van der Waals surface area (Å²) in [5, 5.41) is 10.1. The molecular formula is C16H25F3IN5OS. The minimum Gasteiger partial charge on any atom is -0.357 e. The summed E-state index contributed by atoms with van der Waals surface area (Å²) in [6, 6.07) is 0.220. The van der Waals surface area contributed by atoms with Crippen molar-refractivity contribution < 1.29 is 18.0 Å². The first-order chi connectivity index (χ1) is 12.4. The summed E-state index contributed by atoms with van der Waals surface area (Å²) >= 11 is 0.928. The number of thiazole rings is 1. The number of rotatable bonds is 6. The molecule has 3 N–H and O–H groups in total. The Bertz CT molecular complexity index is 617. The monoisotopic (exact) mass is 519 g/mol. The molecule has 27 heavy (non-hydrogen) atoms. The van der Waals surface area contributed by atoms with Gasteiger partial charge in [0.15, 0.2) is 11.7 Å². The molecule has 1 aliphatic carbocycles. The van der Waals surface area contributed by atoms with E-state index in [1.807, 2.05) is 6.92 Å². The van der Waals surface area contributed by atoms with Crippen LogP contribution in [-0.2, 0) is 17.5 Å². The molecule has 1 fully saturated rings. The number of alkyl halides is 3. The summed E-state index contributed by atoms with van der Waals surface area (Å²) in [4.78, 5) is 19.7. The Balaban J connectivity index is 0.00000364. The van der Waals surface area contributed by atoms with Gasteiger partial charge in [0.1, 0.15) is 11.6 Å². The van der Waals surface area contributed by atoms with Crippen molar-refractivity contribution in [3.63, 3.8) is 0 Å². The number of carbonyl (C=O) groups is 1. The maximum absolute atomic E-state index is 12.6. The molecule has 1 amide bonds. The van der Waals surface area contributed by atoms with E-state index in [4.69, 9.17) is 0 Å². The molecule has 0 radical (unpaired) electrons. The van der Waals surface area contributed by atoms with Crippen LogP contribution in [0.2, 0.25) is 0 Å². The third-order valence-corrected chi connectivity index (χ3v) is 4.79. The maximum atomic E-state index is 12.6. The van der Waals surface area contributed by atoms with Crippen molar-refractivity contribution in [2.24, 2.45) is 4.99 Å². The molecule has 0 unspecified atom stereocenters. The fourth-order valence-electron chi connectivity index (χ4n) is 2.69. The Morgan fingerprint density at radius 1 is 1.30 bits per heavy atom. The smallest absolute Gasteiger partial charge is 0.357 e. The molecule has 1 aliphatic rings. The average Bonchev–Trinajstić information content (AvgIpc) is 3.08. The number of carbonyl (C=O) groups excluding carboxylic acids is 1. The fourth-order valence-corrected chi connectivity index (χ4v) is 3.44. The van der Waals surface area contributed by atoms with Crippen LogP contribution < -0.4 is 16.0 Å². The van der Waals surface area contributed by atoms with E-state index in [9.17, 15) is 18.0 Å².